The number of allylic oxidation sites excluding steroid dienone is 1. The van der Waals surface area contributed by atoms with Gasteiger partial charge >= 0.3 is 0 Å². The van der Waals surface area contributed by atoms with Crippen molar-refractivity contribution in [1.82, 2.24) is 0 Å². The van der Waals surface area contributed by atoms with Crippen molar-refractivity contribution in [3.63, 3.8) is 0 Å². The summed E-state index contributed by atoms with van der Waals surface area (Å²) in [5.74, 6) is 0.993. The van der Waals surface area contributed by atoms with Crippen molar-refractivity contribution < 1.29 is 14.3 Å². The summed E-state index contributed by atoms with van der Waals surface area (Å²) in [6.45, 7) is 0. The number of halogens is 1. The Morgan fingerprint density at radius 2 is 1.93 bits per heavy atom. The van der Waals surface area contributed by atoms with E-state index in [9.17, 15) is 4.79 Å². The molecule has 0 amide bonds. The zero-order chi connectivity index (χ0) is 11.0. The maximum atomic E-state index is 11.6. The van der Waals surface area contributed by atoms with Gasteiger partial charge < -0.3 is 9.47 Å². The van der Waals surface area contributed by atoms with Gasteiger partial charge in [-0.25, -0.2) is 0 Å². The molecule has 3 nitrogen and oxygen atoms in total. The Balaban J connectivity index is 2.75. The Hall–Kier alpha value is -1.29. The van der Waals surface area contributed by atoms with Gasteiger partial charge in [-0.3, -0.25) is 4.79 Å². The van der Waals surface area contributed by atoms with Gasteiger partial charge in [0, 0.05) is 10.0 Å². The summed E-state index contributed by atoms with van der Waals surface area (Å²) in [7, 11) is 3.07. The van der Waals surface area contributed by atoms with E-state index < -0.39 is 0 Å². The normalized spacial score (nSPS) is 12.9. The second kappa shape index (κ2) is 3.70. The molecular formula is C11H9BrO3. The highest BCUT2D eigenvalue weighted by Crippen LogP contribution is 2.41. The van der Waals surface area contributed by atoms with Gasteiger partial charge in [0.15, 0.2) is 17.3 Å². The first-order chi connectivity index (χ1) is 7.19. The van der Waals surface area contributed by atoms with Crippen LogP contribution in [0.3, 0.4) is 0 Å². The predicted octanol–water partition coefficient (Wildman–Crippen LogP) is 2.68. The molecule has 0 spiro atoms. The fourth-order valence-corrected chi connectivity index (χ4v) is 2.17. The molecule has 0 saturated carbocycles. The average Bonchev–Trinajstić information content (AvgIpc) is 2.61. The number of rotatable bonds is 2. The van der Waals surface area contributed by atoms with Crippen LogP contribution in [0.2, 0.25) is 0 Å². The van der Waals surface area contributed by atoms with E-state index in [1.807, 2.05) is 0 Å². The highest BCUT2D eigenvalue weighted by molar-refractivity contribution is 9.10. The van der Waals surface area contributed by atoms with Gasteiger partial charge in [0.2, 0.25) is 0 Å². The van der Waals surface area contributed by atoms with Gasteiger partial charge in [-0.2, -0.15) is 0 Å². The smallest absolute Gasteiger partial charge is 0.190 e. The fourth-order valence-electron chi connectivity index (χ4n) is 1.63. The van der Waals surface area contributed by atoms with Crippen molar-refractivity contribution in [2.45, 2.75) is 0 Å². The number of ketones is 1. The highest BCUT2D eigenvalue weighted by atomic mass is 79.9. The maximum Gasteiger partial charge on any atom is 0.190 e. The van der Waals surface area contributed by atoms with Crippen molar-refractivity contribution in [3.8, 4) is 11.5 Å². The molecule has 0 aliphatic heterocycles. The van der Waals surface area contributed by atoms with E-state index in [0.29, 0.717) is 17.1 Å². The fraction of sp³-hybridized carbons (Fsp3) is 0.182. The monoisotopic (exact) mass is 268 g/mol. The number of carbonyl (C=O) groups is 1. The van der Waals surface area contributed by atoms with Crippen LogP contribution >= 0.6 is 15.9 Å². The van der Waals surface area contributed by atoms with Gasteiger partial charge in [0.05, 0.1) is 19.8 Å². The van der Waals surface area contributed by atoms with E-state index in [2.05, 4.69) is 15.9 Å². The van der Waals surface area contributed by atoms with Gasteiger partial charge in [-0.05, 0) is 18.2 Å². The van der Waals surface area contributed by atoms with Crippen LogP contribution in [0.5, 0.6) is 11.5 Å². The highest BCUT2D eigenvalue weighted by Gasteiger charge is 2.24. The molecular weight excluding hydrogens is 260 g/mol. The molecule has 0 heterocycles. The second-order valence-corrected chi connectivity index (χ2v) is 3.93. The molecule has 0 fully saturated rings. The molecule has 2 rings (SSSR count). The Kier molecular flexibility index (Phi) is 2.52. The summed E-state index contributed by atoms with van der Waals surface area (Å²) in [5.41, 5.74) is 1.40. The molecule has 1 aromatic carbocycles. The topological polar surface area (TPSA) is 35.5 Å². The van der Waals surface area contributed by atoms with E-state index in [1.54, 1.807) is 19.3 Å². The summed E-state index contributed by atoms with van der Waals surface area (Å²) in [6, 6.07) is 1.79. The van der Waals surface area contributed by atoms with E-state index >= 15 is 0 Å². The van der Waals surface area contributed by atoms with Crippen molar-refractivity contribution in [2.75, 3.05) is 14.2 Å². The molecule has 15 heavy (non-hydrogen) atoms. The minimum atomic E-state index is -0.0542. The summed E-state index contributed by atoms with van der Waals surface area (Å²) < 4.78 is 11.2. The van der Waals surface area contributed by atoms with E-state index in [1.165, 1.54) is 13.2 Å². The minimum Gasteiger partial charge on any atom is -0.493 e. The number of ether oxygens (including phenoxy) is 2. The molecule has 4 heteroatoms. The van der Waals surface area contributed by atoms with Crippen LogP contribution in [0, 0.1) is 0 Å². The first-order valence-electron chi connectivity index (χ1n) is 4.36. The lowest BCUT2D eigenvalue weighted by atomic mass is 10.1. The van der Waals surface area contributed by atoms with Crippen molar-refractivity contribution in [3.05, 3.63) is 27.7 Å². The molecule has 0 saturated heterocycles. The number of carbonyl (C=O) groups excluding carboxylic acids is 1. The van der Waals surface area contributed by atoms with Crippen molar-refractivity contribution in [2.24, 2.45) is 0 Å². The Morgan fingerprint density at radius 1 is 1.20 bits per heavy atom. The molecule has 0 unspecified atom stereocenters. The molecule has 0 bridgehead atoms. The predicted molar refractivity (Wildman–Crippen MR) is 60.6 cm³/mol. The quantitative estimate of drug-likeness (QED) is 0.828. The molecule has 0 N–H and O–H groups in total. The van der Waals surface area contributed by atoms with Crippen LogP contribution in [0.15, 0.2) is 16.6 Å². The molecule has 1 aliphatic rings. The van der Waals surface area contributed by atoms with Crippen LogP contribution in [-0.2, 0) is 0 Å². The Bertz CT molecular complexity index is 463. The van der Waals surface area contributed by atoms with Crippen LogP contribution in [0.4, 0.5) is 0 Å². The van der Waals surface area contributed by atoms with Crippen LogP contribution < -0.4 is 9.47 Å². The number of benzene rings is 1. The van der Waals surface area contributed by atoms with Crippen molar-refractivity contribution >= 4 is 27.8 Å². The zero-order valence-electron chi connectivity index (χ0n) is 8.33. The number of fused-ring (bicyclic) bond motifs is 1. The van der Waals surface area contributed by atoms with Crippen LogP contribution in [0.1, 0.15) is 15.9 Å². The van der Waals surface area contributed by atoms with Crippen molar-refractivity contribution in [1.29, 1.82) is 0 Å². The van der Waals surface area contributed by atoms with E-state index in [-0.39, 0.29) is 5.78 Å². The Labute approximate surface area is 95.8 Å². The summed E-state index contributed by atoms with van der Waals surface area (Å²) in [6.07, 6.45) is 3.29. The molecule has 0 radical (unpaired) electrons. The van der Waals surface area contributed by atoms with Gasteiger partial charge in [-0.1, -0.05) is 15.9 Å². The summed E-state index contributed by atoms with van der Waals surface area (Å²) in [5, 5.41) is 0. The first-order valence-corrected chi connectivity index (χ1v) is 5.15. The first kappa shape index (κ1) is 10.2. The number of methoxy groups -OCH3 is 2. The number of hydrogen-bond acceptors (Lipinski definition) is 3. The average molecular weight is 269 g/mol. The van der Waals surface area contributed by atoms with Gasteiger partial charge in [0.25, 0.3) is 0 Å². The lowest BCUT2D eigenvalue weighted by molar-refractivity contribution is 0.104. The van der Waals surface area contributed by atoms with E-state index in [4.69, 9.17) is 9.47 Å². The lowest BCUT2D eigenvalue weighted by Gasteiger charge is -2.12. The maximum absolute atomic E-state index is 11.6. The third-order valence-corrected chi connectivity index (χ3v) is 2.96. The number of hydrogen-bond donors (Lipinski definition) is 0. The molecule has 0 aromatic heterocycles. The molecule has 1 aromatic rings. The largest absolute Gasteiger partial charge is 0.493 e. The third kappa shape index (κ3) is 1.45. The molecule has 78 valence electrons. The van der Waals surface area contributed by atoms with Crippen LogP contribution in [0.25, 0.3) is 6.08 Å². The minimum absolute atomic E-state index is 0.0542. The lowest BCUT2D eigenvalue weighted by Crippen LogP contribution is -2.00. The molecule has 1 aliphatic carbocycles. The molecule has 0 atom stereocenters. The zero-order valence-corrected chi connectivity index (χ0v) is 9.92. The SMILES string of the molecule is COc1cc(Br)c2c(c1OC)C(=O)C=C2. The second-order valence-electron chi connectivity index (χ2n) is 3.08. The summed E-state index contributed by atoms with van der Waals surface area (Å²) in [4.78, 5) is 11.6. The van der Waals surface area contributed by atoms with Gasteiger partial charge in [0.1, 0.15) is 0 Å². The standard InChI is InChI=1S/C11H9BrO3/c1-14-9-5-7(12)6-3-4-8(13)10(6)11(9)15-2/h3-5H,1-2H3. The Morgan fingerprint density at radius 3 is 2.53 bits per heavy atom. The van der Waals surface area contributed by atoms with Gasteiger partial charge in [-0.15, -0.1) is 0 Å². The summed E-state index contributed by atoms with van der Waals surface area (Å²) >= 11 is 3.39. The van der Waals surface area contributed by atoms with Crippen LogP contribution in [-0.4, -0.2) is 20.0 Å². The van der Waals surface area contributed by atoms with E-state index in [0.717, 1.165) is 10.0 Å². The third-order valence-electron chi connectivity index (χ3n) is 2.31.